The maximum atomic E-state index is 13.2. The van der Waals surface area contributed by atoms with Crippen molar-refractivity contribution >= 4 is 17.7 Å². The molecule has 150 valence electrons. The highest BCUT2D eigenvalue weighted by Gasteiger charge is 2.62. The number of nitriles is 1. The Hall–Kier alpha value is -3.38. The first-order chi connectivity index (χ1) is 14.6. The van der Waals surface area contributed by atoms with Crippen LogP contribution in [0.3, 0.4) is 0 Å². The van der Waals surface area contributed by atoms with E-state index in [0.29, 0.717) is 17.9 Å². The predicted molar refractivity (Wildman–Crippen MR) is 108 cm³/mol. The van der Waals surface area contributed by atoms with Gasteiger partial charge >= 0.3 is 0 Å². The molecule has 2 aliphatic heterocycles. The molecule has 0 radical (unpaired) electrons. The molecule has 3 atom stereocenters. The number of carbonyl (C=O) groups excluding carboxylic acids is 1. The smallest absolute Gasteiger partial charge is 0.274 e. The first-order valence-electron chi connectivity index (χ1n) is 9.49. The van der Waals surface area contributed by atoms with Crippen LogP contribution in [0.5, 0.6) is 0 Å². The third-order valence-corrected chi connectivity index (χ3v) is 6.54. The van der Waals surface area contributed by atoms with Gasteiger partial charge in [0.05, 0.1) is 11.7 Å². The first kappa shape index (κ1) is 18.6. The Bertz CT molecular complexity index is 1160. The first-order valence-corrected chi connectivity index (χ1v) is 10.3. The molecule has 0 bridgehead atoms. The molecule has 2 unspecified atom stereocenters. The quantitative estimate of drug-likeness (QED) is 0.514. The normalized spacial score (nSPS) is 22.0. The van der Waals surface area contributed by atoms with Crippen LogP contribution in [0.4, 0.5) is 4.39 Å². The number of H-pyrrole nitrogens is 1. The Balaban J connectivity index is 1.38. The van der Waals surface area contributed by atoms with E-state index in [1.165, 1.54) is 23.9 Å². The molecule has 2 fully saturated rings. The molecule has 0 spiro atoms. The van der Waals surface area contributed by atoms with Gasteiger partial charge in [-0.15, -0.1) is 0 Å². The van der Waals surface area contributed by atoms with Gasteiger partial charge in [-0.05, 0) is 42.3 Å². The topological polar surface area (TPSA) is 88.7 Å². The van der Waals surface area contributed by atoms with Crippen LogP contribution in [-0.4, -0.2) is 49.6 Å². The molecule has 9 heteroatoms. The molecule has 1 amide bonds. The van der Waals surface area contributed by atoms with Crippen molar-refractivity contribution in [3.8, 4) is 17.5 Å². The summed E-state index contributed by atoms with van der Waals surface area (Å²) in [5.74, 6) is -0.178. The number of aromatic amines is 1. The molecule has 2 saturated heterocycles. The van der Waals surface area contributed by atoms with E-state index in [-0.39, 0.29) is 29.8 Å². The van der Waals surface area contributed by atoms with E-state index >= 15 is 0 Å². The summed E-state index contributed by atoms with van der Waals surface area (Å²) >= 11 is 1.45. The minimum atomic E-state index is -0.287. The minimum absolute atomic E-state index is 0.0782. The fraction of sp³-hybridized carbons (Fsp3) is 0.238. The number of pyridine rings is 1. The van der Waals surface area contributed by atoms with Crippen LogP contribution in [-0.2, 0) is 0 Å². The lowest BCUT2D eigenvalue weighted by molar-refractivity contribution is 0.0810. The van der Waals surface area contributed by atoms with E-state index in [0.717, 1.165) is 15.4 Å². The number of carbonyl (C=O) groups is 1. The lowest BCUT2D eigenvalue weighted by Crippen LogP contribution is -2.30. The number of hydrogen-bond acceptors (Lipinski definition) is 6. The number of nitrogens with zero attached hydrogens (tertiary/aromatic N) is 5. The van der Waals surface area contributed by atoms with Gasteiger partial charge in [-0.25, -0.2) is 4.39 Å². The number of hydrogen-bond donors (Lipinski definition) is 1. The summed E-state index contributed by atoms with van der Waals surface area (Å²) < 4.78 is 13.2. The Kier molecular flexibility index (Phi) is 4.44. The molecule has 2 aliphatic rings. The molecule has 0 aliphatic carbocycles. The molecule has 7 nitrogen and oxygen atoms in total. The zero-order valence-corrected chi connectivity index (χ0v) is 16.8. The van der Waals surface area contributed by atoms with Gasteiger partial charge in [0, 0.05) is 34.3 Å². The largest absolute Gasteiger partial charge is 0.307 e. The third kappa shape index (κ3) is 3.09. The molecule has 30 heavy (non-hydrogen) atoms. The molecule has 1 N–H and O–H groups in total. The third-order valence-electron chi connectivity index (χ3n) is 5.48. The van der Waals surface area contributed by atoms with Crippen molar-refractivity contribution in [2.75, 3.05) is 6.54 Å². The minimum Gasteiger partial charge on any atom is -0.307 e. The van der Waals surface area contributed by atoms with Gasteiger partial charge < -0.3 is 4.90 Å². The summed E-state index contributed by atoms with van der Waals surface area (Å²) in [5, 5.41) is 16.4. The van der Waals surface area contributed by atoms with Gasteiger partial charge in [0.15, 0.2) is 6.19 Å². The van der Waals surface area contributed by atoms with Gasteiger partial charge in [0.25, 0.3) is 5.91 Å². The molecule has 5 rings (SSSR count). The number of amides is 1. The monoisotopic (exact) mass is 420 g/mol. The van der Waals surface area contributed by atoms with E-state index in [2.05, 4.69) is 28.3 Å². The lowest BCUT2D eigenvalue weighted by atomic mass is 10.1. The summed E-state index contributed by atoms with van der Waals surface area (Å²) in [5.41, 5.74) is 1.84. The van der Waals surface area contributed by atoms with Crippen molar-refractivity contribution in [2.24, 2.45) is 5.92 Å². The fourth-order valence-corrected chi connectivity index (χ4v) is 4.95. The van der Waals surface area contributed by atoms with Crippen molar-refractivity contribution in [1.29, 1.82) is 5.26 Å². The van der Waals surface area contributed by atoms with Crippen LogP contribution < -0.4 is 0 Å². The standard InChI is InChI=1S/C21H17FN6OS/c1-12-10-27(11-23)20-19(12)28(20)21(29)17-8-16(25-26-17)15-6-7-24-9-18(15)30-14-4-2-13(22)3-5-14/h2-9,12,19-20H,10H2,1H3,(H,25,26)/t12?,19-,20?,28?/m1/s1. The zero-order valence-electron chi connectivity index (χ0n) is 16.0. The van der Waals surface area contributed by atoms with Crippen molar-refractivity contribution in [1.82, 2.24) is 25.0 Å². The van der Waals surface area contributed by atoms with Crippen LogP contribution in [0.25, 0.3) is 11.3 Å². The number of nitrogens with one attached hydrogen (secondary N) is 1. The summed E-state index contributed by atoms with van der Waals surface area (Å²) in [6.07, 6.45) is 5.42. The van der Waals surface area contributed by atoms with E-state index in [9.17, 15) is 14.4 Å². The van der Waals surface area contributed by atoms with Crippen LogP contribution in [0.15, 0.2) is 58.6 Å². The highest BCUT2D eigenvalue weighted by atomic mass is 32.2. The van der Waals surface area contributed by atoms with Crippen LogP contribution in [0.2, 0.25) is 0 Å². The number of benzene rings is 1. The van der Waals surface area contributed by atoms with Crippen molar-refractivity contribution < 1.29 is 9.18 Å². The SMILES string of the molecule is CC1CN(C#N)C2[C@@H]1N2C(=O)c1cc(-c2ccncc2Sc2ccc(F)cc2)n[nH]1. The van der Waals surface area contributed by atoms with Crippen molar-refractivity contribution in [2.45, 2.75) is 28.9 Å². The fourth-order valence-electron chi connectivity index (χ4n) is 4.03. The molecule has 0 saturated carbocycles. The van der Waals surface area contributed by atoms with Crippen LogP contribution in [0.1, 0.15) is 17.4 Å². The Morgan fingerprint density at radius 3 is 2.90 bits per heavy atom. The van der Waals surface area contributed by atoms with Crippen molar-refractivity contribution in [3.05, 3.63) is 60.3 Å². The number of rotatable bonds is 4. The Morgan fingerprint density at radius 2 is 2.13 bits per heavy atom. The molecule has 1 aromatic carbocycles. The van der Waals surface area contributed by atoms with Gasteiger partial charge in [-0.1, -0.05) is 18.7 Å². The number of halogens is 1. The summed E-state index contributed by atoms with van der Waals surface area (Å²) in [6.45, 7) is 2.74. The molecular formula is C21H17FN6OS. The number of fused-ring (bicyclic) bond motifs is 1. The average Bonchev–Trinajstić information content (AvgIpc) is 3.13. The number of likely N-dealkylation sites (tertiary alicyclic amines) is 1. The highest BCUT2D eigenvalue weighted by molar-refractivity contribution is 7.99. The van der Waals surface area contributed by atoms with Gasteiger partial charge in [-0.3, -0.25) is 19.8 Å². The van der Waals surface area contributed by atoms with Gasteiger partial charge in [0.1, 0.15) is 17.7 Å². The average molecular weight is 420 g/mol. The molecule has 3 aromatic rings. The second-order valence-electron chi connectivity index (χ2n) is 7.44. The number of aromatic nitrogens is 3. The van der Waals surface area contributed by atoms with E-state index in [1.54, 1.807) is 40.4 Å². The summed E-state index contributed by atoms with van der Waals surface area (Å²) in [7, 11) is 0. The molecule has 2 aromatic heterocycles. The Labute approximate surface area is 176 Å². The zero-order chi connectivity index (χ0) is 20.8. The maximum absolute atomic E-state index is 13.2. The van der Waals surface area contributed by atoms with Crippen molar-refractivity contribution in [3.63, 3.8) is 0 Å². The Morgan fingerprint density at radius 1 is 1.33 bits per heavy atom. The summed E-state index contributed by atoms with van der Waals surface area (Å²) in [4.78, 5) is 22.2. The second-order valence-corrected chi connectivity index (χ2v) is 8.56. The van der Waals surface area contributed by atoms with E-state index in [1.807, 2.05) is 6.07 Å². The molecule has 4 heterocycles. The van der Waals surface area contributed by atoms with Gasteiger partial charge in [0.2, 0.25) is 0 Å². The lowest BCUT2D eigenvalue weighted by Gasteiger charge is -2.16. The molecular weight excluding hydrogens is 403 g/mol. The van der Waals surface area contributed by atoms with E-state index in [4.69, 9.17) is 0 Å². The summed E-state index contributed by atoms with van der Waals surface area (Å²) in [6, 6.07) is 9.87. The van der Waals surface area contributed by atoms with E-state index < -0.39 is 0 Å². The van der Waals surface area contributed by atoms with Crippen LogP contribution in [0, 0.1) is 23.2 Å². The maximum Gasteiger partial charge on any atom is 0.274 e. The van der Waals surface area contributed by atoms with Crippen LogP contribution >= 0.6 is 11.8 Å². The van der Waals surface area contributed by atoms with Gasteiger partial charge in [-0.2, -0.15) is 10.4 Å². The predicted octanol–water partition coefficient (Wildman–Crippen LogP) is 3.35. The highest BCUT2D eigenvalue weighted by Crippen LogP contribution is 2.44. The second kappa shape index (κ2) is 7.15.